The van der Waals surface area contributed by atoms with Crippen LogP contribution >= 0.6 is 0 Å². The Morgan fingerprint density at radius 2 is 1.88 bits per heavy atom. The Labute approximate surface area is 145 Å². The summed E-state index contributed by atoms with van der Waals surface area (Å²) in [6.07, 6.45) is 7.24. The number of carbonyl (C=O) groups is 1. The zero-order chi connectivity index (χ0) is 16.9. The number of hydrogen-bond acceptors (Lipinski definition) is 2. The van der Waals surface area contributed by atoms with Crippen molar-refractivity contribution >= 4 is 5.91 Å². The number of piperidine rings is 1. The van der Waals surface area contributed by atoms with E-state index >= 15 is 0 Å². The highest BCUT2D eigenvalue weighted by atomic mass is 16.5. The number of quaternary nitrogens is 1. The average Bonchev–Trinajstić information content (AvgIpc) is 3.09. The standard InChI is InChI=1S/C20H30N2O2/c1-15-6-5-13-22(14-15)19(16-9-11-18(24-2)12-10-16)20(23)21-17-7-3-4-8-17/h9-12,15,17,19H,3-8,13-14H2,1-2H3,(H,21,23)/p+1. The largest absolute Gasteiger partial charge is 0.497 e. The van der Waals surface area contributed by atoms with Crippen LogP contribution in [-0.4, -0.2) is 32.1 Å². The Kier molecular flexibility index (Phi) is 5.77. The van der Waals surface area contributed by atoms with Crippen LogP contribution in [0.1, 0.15) is 57.1 Å². The molecule has 1 saturated carbocycles. The Balaban J connectivity index is 1.79. The third-order valence-electron chi connectivity index (χ3n) is 5.63. The number of likely N-dealkylation sites (tertiary alicyclic amines) is 1. The summed E-state index contributed by atoms with van der Waals surface area (Å²) in [5.41, 5.74) is 1.11. The lowest BCUT2D eigenvalue weighted by Crippen LogP contribution is -3.15. The molecule has 1 aliphatic heterocycles. The smallest absolute Gasteiger partial charge is 0.283 e. The lowest BCUT2D eigenvalue weighted by molar-refractivity contribution is -0.930. The summed E-state index contributed by atoms with van der Waals surface area (Å²) >= 11 is 0. The lowest BCUT2D eigenvalue weighted by Gasteiger charge is -2.34. The summed E-state index contributed by atoms with van der Waals surface area (Å²) in [5.74, 6) is 1.74. The van der Waals surface area contributed by atoms with Crippen molar-refractivity contribution in [2.75, 3.05) is 20.2 Å². The van der Waals surface area contributed by atoms with Crippen molar-refractivity contribution in [3.05, 3.63) is 29.8 Å². The number of methoxy groups -OCH3 is 1. The Morgan fingerprint density at radius 1 is 1.17 bits per heavy atom. The van der Waals surface area contributed by atoms with E-state index in [0.29, 0.717) is 12.0 Å². The van der Waals surface area contributed by atoms with Crippen LogP contribution in [0.3, 0.4) is 0 Å². The number of ether oxygens (including phenoxy) is 1. The summed E-state index contributed by atoms with van der Waals surface area (Å²) in [6, 6.07) is 8.34. The summed E-state index contributed by atoms with van der Waals surface area (Å²) in [7, 11) is 1.68. The van der Waals surface area contributed by atoms with E-state index in [2.05, 4.69) is 24.4 Å². The van der Waals surface area contributed by atoms with Gasteiger partial charge < -0.3 is 15.0 Å². The van der Waals surface area contributed by atoms with Gasteiger partial charge in [-0.3, -0.25) is 4.79 Å². The molecule has 3 rings (SSSR count). The minimum absolute atomic E-state index is 0.0979. The van der Waals surface area contributed by atoms with Gasteiger partial charge in [-0.05, 0) is 49.9 Å². The van der Waals surface area contributed by atoms with Crippen molar-refractivity contribution in [1.29, 1.82) is 0 Å². The number of carbonyl (C=O) groups excluding carboxylic acids is 1. The van der Waals surface area contributed by atoms with Gasteiger partial charge in [-0.2, -0.15) is 0 Å². The third kappa shape index (κ3) is 4.10. The van der Waals surface area contributed by atoms with E-state index in [1.165, 1.54) is 30.6 Å². The number of amides is 1. The summed E-state index contributed by atoms with van der Waals surface area (Å²) in [5, 5.41) is 3.33. The van der Waals surface area contributed by atoms with Crippen molar-refractivity contribution in [2.24, 2.45) is 5.92 Å². The third-order valence-corrected chi connectivity index (χ3v) is 5.63. The Hall–Kier alpha value is -1.55. The number of rotatable bonds is 5. The molecule has 24 heavy (non-hydrogen) atoms. The second-order valence-electron chi connectivity index (χ2n) is 7.56. The molecular weight excluding hydrogens is 300 g/mol. The van der Waals surface area contributed by atoms with Crippen LogP contribution in [0.15, 0.2) is 24.3 Å². The molecule has 1 aromatic rings. The van der Waals surface area contributed by atoms with Gasteiger partial charge in [0.05, 0.1) is 20.2 Å². The van der Waals surface area contributed by atoms with E-state index < -0.39 is 0 Å². The van der Waals surface area contributed by atoms with E-state index in [1.54, 1.807) is 7.11 Å². The van der Waals surface area contributed by atoms with E-state index in [4.69, 9.17) is 4.74 Å². The van der Waals surface area contributed by atoms with Gasteiger partial charge in [0.1, 0.15) is 5.75 Å². The quantitative estimate of drug-likeness (QED) is 0.868. The van der Waals surface area contributed by atoms with Crippen LogP contribution in [0.25, 0.3) is 0 Å². The van der Waals surface area contributed by atoms with Crippen molar-refractivity contribution in [3.8, 4) is 5.75 Å². The Morgan fingerprint density at radius 3 is 2.50 bits per heavy atom. The van der Waals surface area contributed by atoms with E-state index in [0.717, 1.165) is 37.2 Å². The molecule has 1 aromatic carbocycles. The zero-order valence-corrected chi connectivity index (χ0v) is 15.0. The van der Waals surface area contributed by atoms with E-state index in [9.17, 15) is 4.79 Å². The molecule has 1 aliphatic carbocycles. The summed E-state index contributed by atoms with van der Waals surface area (Å²) < 4.78 is 5.27. The fraction of sp³-hybridized carbons (Fsp3) is 0.650. The fourth-order valence-corrected chi connectivity index (χ4v) is 4.31. The van der Waals surface area contributed by atoms with Gasteiger partial charge in [0.2, 0.25) is 0 Å². The maximum absolute atomic E-state index is 13.1. The predicted octanol–water partition coefficient (Wildman–Crippen LogP) is 2.11. The molecular formula is C20H31N2O2+. The first-order valence-corrected chi connectivity index (χ1v) is 9.46. The van der Waals surface area contributed by atoms with E-state index in [1.807, 2.05) is 12.1 Å². The first kappa shape index (κ1) is 17.3. The van der Waals surface area contributed by atoms with Gasteiger partial charge in [0.15, 0.2) is 6.04 Å². The van der Waals surface area contributed by atoms with Crippen LogP contribution in [0.4, 0.5) is 0 Å². The van der Waals surface area contributed by atoms with Crippen molar-refractivity contribution < 1.29 is 14.4 Å². The normalized spacial score (nSPS) is 26.1. The summed E-state index contributed by atoms with van der Waals surface area (Å²) in [4.78, 5) is 14.5. The molecule has 132 valence electrons. The molecule has 4 heteroatoms. The average molecular weight is 331 g/mol. The molecule has 0 radical (unpaired) electrons. The highest BCUT2D eigenvalue weighted by molar-refractivity contribution is 5.82. The first-order valence-electron chi connectivity index (χ1n) is 9.46. The lowest BCUT2D eigenvalue weighted by atomic mass is 9.95. The highest BCUT2D eigenvalue weighted by Gasteiger charge is 2.35. The van der Waals surface area contributed by atoms with E-state index in [-0.39, 0.29) is 11.9 Å². The van der Waals surface area contributed by atoms with Crippen molar-refractivity contribution in [1.82, 2.24) is 5.32 Å². The minimum atomic E-state index is -0.0979. The second-order valence-corrected chi connectivity index (χ2v) is 7.56. The van der Waals surface area contributed by atoms with Crippen molar-refractivity contribution in [2.45, 2.75) is 57.5 Å². The van der Waals surface area contributed by atoms with Gasteiger partial charge in [-0.25, -0.2) is 0 Å². The molecule has 2 aliphatic rings. The number of benzene rings is 1. The maximum atomic E-state index is 13.1. The van der Waals surface area contributed by atoms with Crippen LogP contribution in [0, 0.1) is 5.92 Å². The monoisotopic (exact) mass is 331 g/mol. The maximum Gasteiger partial charge on any atom is 0.283 e. The molecule has 1 heterocycles. The van der Waals surface area contributed by atoms with Gasteiger partial charge in [-0.1, -0.05) is 19.8 Å². The highest BCUT2D eigenvalue weighted by Crippen LogP contribution is 2.21. The molecule has 1 saturated heterocycles. The van der Waals surface area contributed by atoms with Crippen LogP contribution < -0.4 is 15.0 Å². The molecule has 3 atom stereocenters. The van der Waals surface area contributed by atoms with Crippen LogP contribution in [0.2, 0.25) is 0 Å². The molecule has 1 amide bonds. The first-order chi connectivity index (χ1) is 11.7. The predicted molar refractivity (Wildman–Crippen MR) is 95.2 cm³/mol. The minimum Gasteiger partial charge on any atom is -0.497 e. The molecule has 0 bridgehead atoms. The SMILES string of the molecule is COc1ccc(C(C(=O)NC2CCCC2)[NH+]2CCCC(C)C2)cc1. The second kappa shape index (κ2) is 8.02. The van der Waals surface area contributed by atoms with Crippen LogP contribution in [0.5, 0.6) is 5.75 Å². The van der Waals surface area contributed by atoms with Gasteiger partial charge in [0.25, 0.3) is 5.91 Å². The fourth-order valence-electron chi connectivity index (χ4n) is 4.31. The molecule has 4 nitrogen and oxygen atoms in total. The molecule has 2 fully saturated rings. The van der Waals surface area contributed by atoms with Gasteiger partial charge in [-0.15, -0.1) is 0 Å². The molecule has 2 N–H and O–H groups in total. The topological polar surface area (TPSA) is 42.8 Å². The van der Waals surface area contributed by atoms with Crippen molar-refractivity contribution in [3.63, 3.8) is 0 Å². The number of hydrogen-bond donors (Lipinski definition) is 2. The van der Waals surface area contributed by atoms with Crippen LogP contribution in [-0.2, 0) is 4.79 Å². The van der Waals surface area contributed by atoms with Gasteiger partial charge >= 0.3 is 0 Å². The molecule has 0 spiro atoms. The van der Waals surface area contributed by atoms with Gasteiger partial charge in [0, 0.05) is 17.5 Å². The Bertz CT molecular complexity index is 537. The molecule has 0 aromatic heterocycles. The summed E-state index contributed by atoms with van der Waals surface area (Å²) in [6.45, 7) is 4.47. The molecule has 3 unspecified atom stereocenters. The zero-order valence-electron chi connectivity index (χ0n) is 15.0. The number of nitrogens with one attached hydrogen (secondary N) is 2.